The van der Waals surface area contributed by atoms with Crippen LogP contribution in [0.1, 0.15) is 27.0 Å². The normalized spacial score (nSPS) is 13.6. The Bertz CT molecular complexity index is 1110. The monoisotopic (exact) mass is 442 g/mol. The molecule has 164 valence electrons. The summed E-state index contributed by atoms with van der Waals surface area (Å²) in [4.78, 5) is 20.3. The van der Waals surface area contributed by atoms with Crippen LogP contribution in [0.15, 0.2) is 36.5 Å². The number of methoxy groups -OCH3 is 2. The van der Waals surface area contributed by atoms with Crippen LogP contribution in [0.2, 0.25) is 0 Å². The molecule has 0 atom stereocenters. The van der Waals surface area contributed by atoms with Crippen LogP contribution >= 0.6 is 12.4 Å². The summed E-state index contributed by atoms with van der Waals surface area (Å²) in [6.45, 7) is 6.72. The van der Waals surface area contributed by atoms with Crippen LogP contribution in [0.25, 0.3) is 10.9 Å². The molecule has 7 heteroatoms. The third-order valence-electron chi connectivity index (χ3n) is 5.69. The number of hydrogen-bond donors (Lipinski definition) is 0. The summed E-state index contributed by atoms with van der Waals surface area (Å²) >= 11 is 0. The van der Waals surface area contributed by atoms with Crippen molar-refractivity contribution in [3.05, 3.63) is 58.8 Å². The molecule has 0 amide bonds. The fraction of sp³-hybridized carbons (Fsp3) is 0.333. The van der Waals surface area contributed by atoms with Gasteiger partial charge in [-0.25, -0.2) is 0 Å². The predicted molar refractivity (Wildman–Crippen MR) is 124 cm³/mol. The number of morpholine rings is 1. The summed E-state index contributed by atoms with van der Waals surface area (Å²) in [5, 5.41) is 0.865. The van der Waals surface area contributed by atoms with Crippen molar-refractivity contribution in [1.29, 1.82) is 0 Å². The summed E-state index contributed by atoms with van der Waals surface area (Å²) < 4.78 is 16.5. The number of ether oxygens (including phenoxy) is 3. The van der Waals surface area contributed by atoms with Crippen LogP contribution in [0, 0.1) is 13.8 Å². The molecule has 0 saturated carbocycles. The summed E-state index contributed by atoms with van der Waals surface area (Å²) in [5.74, 6) is 1.18. The lowest BCUT2D eigenvalue weighted by Gasteiger charge is -2.31. The standard InChI is InChI=1S/C24H26N2O4.ClH/c1-15-5-6-17(11-16(15)2)24(27)19-14-25-20-13-22(29-4)21(28-3)12-18(20)23(19)26-7-9-30-10-8-26;/h5-6,11-14H,7-10H2,1-4H3;1H. The van der Waals surface area contributed by atoms with Crippen LogP contribution in [0.3, 0.4) is 0 Å². The molecule has 4 rings (SSSR count). The van der Waals surface area contributed by atoms with E-state index in [0.717, 1.165) is 27.7 Å². The topological polar surface area (TPSA) is 60.9 Å². The molecular formula is C24H27ClN2O4. The van der Waals surface area contributed by atoms with Gasteiger partial charge in [0.25, 0.3) is 0 Å². The van der Waals surface area contributed by atoms with Gasteiger partial charge in [0.2, 0.25) is 0 Å². The second kappa shape index (κ2) is 9.54. The number of pyridine rings is 1. The van der Waals surface area contributed by atoms with Gasteiger partial charge in [-0.1, -0.05) is 12.1 Å². The number of aryl methyl sites for hydroxylation is 2. The minimum atomic E-state index is -0.0382. The van der Waals surface area contributed by atoms with Gasteiger partial charge in [0.1, 0.15) is 0 Å². The first-order valence-corrected chi connectivity index (χ1v) is 10.0. The number of carbonyl (C=O) groups excluding carboxylic acids is 1. The van der Waals surface area contributed by atoms with Crippen molar-refractivity contribution in [3.8, 4) is 11.5 Å². The highest BCUT2D eigenvalue weighted by Crippen LogP contribution is 2.38. The Morgan fingerprint density at radius 1 is 1.00 bits per heavy atom. The van der Waals surface area contributed by atoms with E-state index in [1.54, 1.807) is 20.4 Å². The van der Waals surface area contributed by atoms with E-state index in [2.05, 4.69) is 9.88 Å². The molecule has 1 saturated heterocycles. The summed E-state index contributed by atoms with van der Waals surface area (Å²) in [5.41, 5.74) is 5.12. The number of ketones is 1. The van der Waals surface area contributed by atoms with Crippen molar-refractivity contribution in [3.63, 3.8) is 0 Å². The fourth-order valence-corrected chi connectivity index (χ4v) is 3.84. The molecule has 0 bridgehead atoms. The molecular weight excluding hydrogens is 416 g/mol. The minimum absolute atomic E-state index is 0. The Balaban J connectivity index is 0.00000272. The fourth-order valence-electron chi connectivity index (χ4n) is 3.84. The van der Waals surface area contributed by atoms with E-state index in [1.165, 1.54) is 0 Å². The maximum Gasteiger partial charge on any atom is 0.196 e. The zero-order valence-electron chi connectivity index (χ0n) is 18.2. The van der Waals surface area contributed by atoms with Gasteiger partial charge >= 0.3 is 0 Å². The average Bonchev–Trinajstić information content (AvgIpc) is 2.79. The molecule has 0 radical (unpaired) electrons. The Morgan fingerprint density at radius 3 is 2.32 bits per heavy atom. The number of benzene rings is 2. The Morgan fingerprint density at radius 2 is 1.68 bits per heavy atom. The first-order valence-electron chi connectivity index (χ1n) is 10.0. The number of anilines is 1. The van der Waals surface area contributed by atoms with Crippen molar-refractivity contribution in [2.75, 3.05) is 45.4 Å². The lowest BCUT2D eigenvalue weighted by Crippen LogP contribution is -2.37. The molecule has 2 heterocycles. The lowest BCUT2D eigenvalue weighted by atomic mass is 9.97. The maximum atomic E-state index is 13.5. The number of nitrogens with zero attached hydrogens (tertiary/aromatic N) is 2. The summed E-state index contributed by atoms with van der Waals surface area (Å²) in [6.07, 6.45) is 1.68. The molecule has 1 aromatic heterocycles. The largest absolute Gasteiger partial charge is 0.493 e. The molecule has 6 nitrogen and oxygen atoms in total. The molecule has 0 aliphatic carbocycles. The second-order valence-electron chi connectivity index (χ2n) is 7.47. The third-order valence-corrected chi connectivity index (χ3v) is 5.69. The van der Waals surface area contributed by atoms with Crippen molar-refractivity contribution in [2.24, 2.45) is 0 Å². The van der Waals surface area contributed by atoms with Crippen LogP contribution in [-0.4, -0.2) is 51.3 Å². The number of halogens is 1. The quantitative estimate of drug-likeness (QED) is 0.547. The molecule has 1 fully saturated rings. The molecule has 0 unspecified atom stereocenters. The second-order valence-corrected chi connectivity index (χ2v) is 7.47. The Kier molecular flexibility index (Phi) is 7.03. The smallest absolute Gasteiger partial charge is 0.196 e. The van der Waals surface area contributed by atoms with E-state index < -0.39 is 0 Å². The van der Waals surface area contributed by atoms with Crippen LogP contribution in [0.5, 0.6) is 11.5 Å². The van der Waals surface area contributed by atoms with E-state index in [9.17, 15) is 4.79 Å². The molecule has 0 N–H and O–H groups in total. The van der Waals surface area contributed by atoms with E-state index in [4.69, 9.17) is 14.2 Å². The number of aromatic nitrogens is 1. The van der Waals surface area contributed by atoms with Crippen molar-refractivity contribution in [1.82, 2.24) is 4.98 Å². The Hall–Kier alpha value is -2.83. The van der Waals surface area contributed by atoms with Gasteiger partial charge in [-0.05, 0) is 37.1 Å². The molecule has 3 aromatic rings. The van der Waals surface area contributed by atoms with Gasteiger partial charge in [-0.15, -0.1) is 12.4 Å². The summed E-state index contributed by atoms with van der Waals surface area (Å²) in [6, 6.07) is 9.57. The van der Waals surface area contributed by atoms with Gasteiger partial charge in [-0.2, -0.15) is 0 Å². The molecule has 31 heavy (non-hydrogen) atoms. The highest BCUT2D eigenvalue weighted by Gasteiger charge is 2.24. The van der Waals surface area contributed by atoms with Crippen LogP contribution in [0.4, 0.5) is 5.69 Å². The average molecular weight is 443 g/mol. The predicted octanol–water partition coefficient (Wildman–Crippen LogP) is 4.36. The highest BCUT2D eigenvalue weighted by molar-refractivity contribution is 6.16. The van der Waals surface area contributed by atoms with Gasteiger partial charge < -0.3 is 19.1 Å². The molecule has 1 aliphatic heterocycles. The van der Waals surface area contributed by atoms with E-state index >= 15 is 0 Å². The Labute approximate surface area is 188 Å². The third kappa shape index (κ3) is 4.31. The van der Waals surface area contributed by atoms with Crippen LogP contribution < -0.4 is 14.4 Å². The highest BCUT2D eigenvalue weighted by atomic mass is 35.5. The number of fused-ring (bicyclic) bond motifs is 1. The van der Waals surface area contributed by atoms with Gasteiger partial charge in [-0.3, -0.25) is 9.78 Å². The van der Waals surface area contributed by atoms with Gasteiger partial charge in [0.05, 0.1) is 44.2 Å². The SMILES string of the molecule is COc1cc2ncc(C(=O)c3ccc(C)c(C)c3)c(N3CCOCC3)c2cc1OC.Cl. The summed E-state index contributed by atoms with van der Waals surface area (Å²) in [7, 11) is 3.21. The van der Waals surface area contributed by atoms with Crippen molar-refractivity contribution >= 4 is 34.8 Å². The molecule has 1 aliphatic rings. The number of hydrogen-bond acceptors (Lipinski definition) is 6. The van der Waals surface area contributed by atoms with E-state index in [1.807, 2.05) is 44.2 Å². The first kappa shape index (κ1) is 22.8. The zero-order valence-corrected chi connectivity index (χ0v) is 19.0. The minimum Gasteiger partial charge on any atom is -0.493 e. The lowest BCUT2D eigenvalue weighted by molar-refractivity contribution is 0.103. The van der Waals surface area contributed by atoms with Gasteiger partial charge in [0, 0.05) is 36.3 Å². The number of rotatable bonds is 5. The molecule has 2 aromatic carbocycles. The van der Waals surface area contributed by atoms with Crippen LogP contribution in [-0.2, 0) is 4.74 Å². The van der Waals surface area contributed by atoms with E-state index in [-0.39, 0.29) is 18.2 Å². The van der Waals surface area contributed by atoms with E-state index in [0.29, 0.717) is 48.9 Å². The maximum absolute atomic E-state index is 13.5. The zero-order chi connectivity index (χ0) is 21.3. The first-order chi connectivity index (χ1) is 14.5. The molecule has 0 spiro atoms. The number of carbonyl (C=O) groups is 1. The van der Waals surface area contributed by atoms with Crippen molar-refractivity contribution in [2.45, 2.75) is 13.8 Å². The van der Waals surface area contributed by atoms with Crippen molar-refractivity contribution < 1.29 is 19.0 Å². The van der Waals surface area contributed by atoms with Gasteiger partial charge in [0.15, 0.2) is 17.3 Å².